The van der Waals surface area contributed by atoms with Crippen molar-refractivity contribution >= 4 is 32.6 Å². The van der Waals surface area contributed by atoms with E-state index in [2.05, 4.69) is 201 Å². The Morgan fingerprint density at radius 2 is 1.14 bits per heavy atom. The lowest BCUT2D eigenvalue weighted by atomic mass is 9.82. The van der Waals surface area contributed by atoms with Crippen molar-refractivity contribution in [2.45, 2.75) is 32.6 Å². The number of nitrogens with zero attached hydrogens (tertiary/aromatic N) is 4. The molecule has 276 valence electrons. The maximum Gasteiger partial charge on any atom is 0.160 e. The van der Waals surface area contributed by atoms with Crippen LogP contribution in [-0.2, 0) is 11.8 Å². The average molecular weight is 745 g/mol. The second kappa shape index (κ2) is 13.2. The third-order valence-corrected chi connectivity index (χ3v) is 12.1. The molecule has 0 fully saturated rings. The number of hydrogen-bond donors (Lipinski definition) is 0. The van der Waals surface area contributed by atoms with E-state index in [4.69, 9.17) is 15.0 Å². The van der Waals surface area contributed by atoms with E-state index < -0.39 is 0 Å². The average Bonchev–Trinajstić information content (AvgIpc) is 3.78. The lowest BCUT2D eigenvalue weighted by Crippen LogP contribution is -2.14. The Labute approximate surface area is 338 Å². The Kier molecular flexibility index (Phi) is 7.77. The molecule has 0 N–H and O–H groups in total. The van der Waals surface area contributed by atoms with Crippen LogP contribution in [0.15, 0.2) is 176 Å². The number of benzene rings is 8. The minimum Gasteiger partial charge on any atom is -0.296 e. The number of fused-ring (bicyclic) bond motifs is 7. The van der Waals surface area contributed by atoms with Crippen molar-refractivity contribution in [2.75, 3.05) is 0 Å². The molecule has 1 aliphatic rings. The predicted molar refractivity (Wildman–Crippen MR) is 240 cm³/mol. The monoisotopic (exact) mass is 744 g/mol. The maximum atomic E-state index is 5.46. The molecular formula is C54H40N4. The van der Waals surface area contributed by atoms with Gasteiger partial charge in [-0.15, -0.1) is 0 Å². The minimum atomic E-state index is -0.128. The first kappa shape index (κ1) is 34.1. The van der Waals surface area contributed by atoms with Crippen LogP contribution in [-0.4, -0.2) is 19.5 Å². The molecule has 0 unspecified atom stereocenters. The fourth-order valence-electron chi connectivity index (χ4n) is 9.26. The number of imidazole rings is 1. The van der Waals surface area contributed by atoms with Gasteiger partial charge in [0.25, 0.3) is 0 Å². The fourth-order valence-corrected chi connectivity index (χ4v) is 9.26. The van der Waals surface area contributed by atoms with Crippen LogP contribution in [0.4, 0.5) is 0 Å². The Hall–Kier alpha value is -7.17. The summed E-state index contributed by atoms with van der Waals surface area (Å²) in [5, 5.41) is 4.89. The van der Waals surface area contributed by atoms with E-state index in [1.807, 2.05) is 0 Å². The van der Waals surface area contributed by atoms with Crippen LogP contribution < -0.4 is 0 Å². The highest BCUT2D eigenvalue weighted by atomic mass is 15.1. The van der Waals surface area contributed by atoms with Crippen molar-refractivity contribution in [1.29, 1.82) is 0 Å². The molecular weight excluding hydrogens is 705 g/mol. The molecule has 0 saturated carbocycles. The predicted octanol–water partition coefficient (Wildman–Crippen LogP) is 13.7. The Morgan fingerprint density at radius 1 is 0.466 bits per heavy atom. The second-order valence-electron chi connectivity index (χ2n) is 15.9. The smallest absolute Gasteiger partial charge is 0.160 e. The van der Waals surface area contributed by atoms with Gasteiger partial charge >= 0.3 is 0 Å². The Bertz CT molecular complexity index is 3250. The summed E-state index contributed by atoms with van der Waals surface area (Å²) in [5.74, 6) is 1.68. The summed E-state index contributed by atoms with van der Waals surface area (Å²) in [6.07, 6.45) is 0.788. The van der Waals surface area contributed by atoms with Gasteiger partial charge in [0.2, 0.25) is 0 Å². The quantitative estimate of drug-likeness (QED) is 0.159. The van der Waals surface area contributed by atoms with Gasteiger partial charge in [-0.25, -0.2) is 15.0 Å². The normalized spacial score (nSPS) is 12.9. The van der Waals surface area contributed by atoms with Crippen molar-refractivity contribution in [3.05, 3.63) is 193 Å². The number of para-hydroxylation sites is 2. The molecule has 8 aromatic carbocycles. The van der Waals surface area contributed by atoms with E-state index in [9.17, 15) is 0 Å². The van der Waals surface area contributed by atoms with Crippen molar-refractivity contribution < 1.29 is 0 Å². The molecule has 11 rings (SSSR count). The van der Waals surface area contributed by atoms with Gasteiger partial charge in [-0.05, 0) is 103 Å². The third-order valence-electron chi connectivity index (χ3n) is 12.1. The van der Waals surface area contributed by atoms with Crippen LogP contribution in [0.25, 0.3) is 94.4 Å². The van der Waals surface area contributed by atoms with Crippen LogP contribution in [0, 0.1) is 0 Å². The molecule has 0 atom stereocenters. The zero-order chi connectivity index (χ0) is 39.0. The fraction of sp³-hybridized carbons (Fsp3) is 0.0926. The summed E-state index contributed by atoms with van der Waals surface area (Å²) < 4.78 is 2.31. The van der Waals surface area contributed by atoms with E-state index >= 15 is 0 Å². The van der Waals surface area contributed by atoms with E-state index in [0.29, 0.717) is 5.82 Å². The number of aryl methyl sites for hydroxylation is 1. The van der Waals surface area contributed by atoms with Crippen LogP contribution in [0.3, 0.4) is 0 Å². The molecule has 10 aromatic rings. The van der Waals surface area contributed by atoms with Crippen LogP contribution >= 0.6 is 0 Å². The highest BCUT2D eigenvalue weighted by Gasteiger charge is 2.35. The second-order valence-corrected chi connectivity index (χ2v) is 15.9. The molecule has 0 bridgehead atoms. The summed E-state index contributed by atoms with van der Waals surface area (Å²) in [6.45, 7) is 6.83. The Balaban J connectivity index is 1.18. The molecule has 0 amide bonds. The van der Waals surface area contributed by atoms with Gasteiger partial charge in [0.15, 0.2) is 5.82 Å². The molecule has 0 aliphatic heterocycles. The summed E-state index contributed by atoms with van der Waals surface area (Å²) in [7, 11) is 0. The summed E-state index contributed by atoms with van der Waals surface area (Å²) >= 11 is 0. The molecule has 0 radical (unpaired) electrons. The third kappa shape index (κ3) is 5.40. The first-order valence-electron chi connectivity index (χ1n) is 20.2. The molecule has 1 aliphatic carbocycles. The maximum absolute atomic E-state index is 5.46. The molecule has 58 heavy (non-hydrogen) atoms. The number of aromatic nitrogens is 4. The number of rotatable bonds is 6. The van der Waals surface area contributed by atoms with Crippen molar-refractivity contribution in [3.63, 3.8) is 0 Å². The highest BCUT2D eigenvalue weighted by molar-refractivity contribution is 6.14. The largest absolute Gasteiger partial charge is 0.296 e. The SMILES string of the molecule is CCc1nc2ccccc2n1-c1cc(-c2nc(-c3ccccc3)cc(-c3ccc4c(c3)C(C)(C)c3ccccc3-4)n2)cc(-c2cc3ccccc3c3ccccc23)c1. The van der Waals surface area contributed by atoms with Gasteiger partial charge in [-0.1, -0.05) is 148 Å². The molecule has 4 nitrogen and oxygen atoms in total. The van der Waals surface area contributed by atoms with Gasteiger partial charge in [-0.2, -0.15) is 0 Å². The van der Waals surface area contributed by atoms with Crippen LogP contribution in [0.2, 0.25) is 0 Å². The lowest BCUT2D eigenvalue weighted by Gasteiger charge is -2.22. The standard InChI is InChI=1S/C54H40N4/c1-4-52-55-48-24-14-15-25-51(48)58(52)39-29-37(45-31-35-18-8-9-19-40(35)41-20-10-11-21-42(41)45)28-38(30-39)53-56-49(34-16-6-5-7-17-34)33-50(57-53)36-26-27-44-43-22-12-13-23-46(43)54(2,3)47(44)32-36/h5-33H,4H2,1-3H3. The van der Waals surface area contributed by atoms with Gasteiger partial charge in [-0.3, -0.25) is 4.57 Å². The van der Waals surface area contributed by atoms with E-state index in [1.165, 1.54) is 49.4 Å². The van der Waals surface area contributed by atoms with Crippen LogP contribution in [0.1, 0.15) is 37.7 Å². The van der Waals surface area contributed by atoms with E-state index in [0.717, 1.165) is 62.6 Å². The van der Waals surface area contributed by atoms with E-state index in [1.54, 1.807) is 0 Å². The first-order chi connectivity index (χ1) is 28.4. The zero-order valence-corrected chi connectivity index (χ0v) is 32.7. The van der Waals surface area contributed by atoms with Crippen molar-refractivity contribution in [2.24, 2.45) is 0 Å². The van der Waals surface area contributed by atoms with Crippen LogP contribution in [0.5, 0.6) is 0 Å². The zero-order valence-electron chi connectivity index (χ0n) is 32.7. The minimum absolute atomic E-state index is 0.128. The molecule has 0 saturated heterocycles. The van der Waals surface area contributed by atoms with Gasteiger partial charge < -0.3 is 0 Å². The van der Waals surface area contributed by atoms with Crippen molar-refractivity contribution in [3.8, 4) is 61.8 Å². The van der Waals surface area contributed by atoms with E-state index in [-0.39, 0.29) is 5.41 Å². The van der Waals surface area contributed by atoms with Crippen molar-refractivity contribution in [1.82, 2.24) is 19.5 Å². The summed E-state index contributed by atoms with van der Waals surface area (Å²) in [4.78, 5) is 15.9. The molecule has 0 spiro atoms. The summed E-state index contributed by atoms with van der Waals surface area (Å²) in [6, 6.07) is 63.3. The topological polar surface area (TPSA) is 43.6 Å². The van der Waals surface area contributed by atoms with Gasteiger partial charge in [0, 0.05) is 34.2 Å². The van der Waals surface area contributed by atoms with Gasteiger partial charge in [0.1, 0.15) is 5.82 Å². The molecule has 4 heteroatoms. The highest BCUT2D eigenvalue weighted by Crippen LogP contribution is 2.49. The lowest BCUT2D eigenvalue weighted by molar-refractivity contribution is 0.660. The number of hydrogen-bond acceptors (Lipinski definition) is 3. The Morgan fingerprint density at radius 3 is 1.98 bits per heavy atom. The molecule has 2 aromatic heterocycles. The molecule has 2 heterocycles. The first-order valence-corrected chi connectivity index (χ1v) is 20.2. The summed E-state index contributed by atoms with van der Waals surface area (Å²) in [5.41, 5.74) is 15.3. The van der Waals surface area contributed by atoms with Gasteiger partial charge in [0.05, 0.1) is 22.4 Å².